The maximum absolute atomic E-state index is 13.1. The summed E-state index contributed by atoms with van der Waals surface area (Å²) in [6.07, 6.45) is 1.53. The molecule has 4 rings (SSSR count). The van der Waals surface area contributed by atoms with Crippen molar-refractivity contribution in [1.29, 1.82) is 0 Å². The molecule has 1 N–H and O–H groups in total. The molecule has 1 aliphatic heterocycles. The van der Waals surface area contributed by atoms with Gasteiger partial charge in [-0.1, -0.05) is 54.1 Å². The van der Waals surface area contributed by atoms with Crippen molar-refractivity contribution in [3.8, 4) is 5.75 Å². The fourth-order valence-corrected chi connectivity index (χ4v) is 3.49. The van der Waals surface area contributed by atoms with E-state index in [1.165, 1.54) is 11.0 Å². The standard InChI is InChI=1S/C24H17ClN2O3S/c25-18-9-11-19(12-10-18)27-23(29)21(22(28)26-24(27)31)14-17-7-4-8-20(13-17)30-15-16-5-2-1-3-6-16/h1-14H,15H2,(H,26,28,31). The van der Waals surface area contributed by atoms with Crippen molar-refractivity contribution in [2.24, 2.45) is 0 Å². The van der Waals surface area contributed by atoms with Gasteiger partial charge in [-0.05, 0) is 65.8 Å². The highest BCUT2D eigenvalue weighted by Gasteiger charge is 2.34. The number of carbonyl (C=O) groups is 2. The number of amides is 2. The van der Waals surface area contributed by atoms with Crippen LogP contribution in [-0.4, -0.2) is 16.9 Å². The maximum atomic E-state index is 13.1. The number of hydrogen-bond acceptors (Lipinski definition) is 4. The van der Waals surface area contributed by atoms with E-state index < -0.39 is 11.8 Å². The molecule has 1 aliphatic rings. The summed E-state index contributed by atoms with van der Waals surface area (Å²) in [5.74, 6) is -0.422. The van der Waals surface area contributed by atoms with Crippen LogP contribution in [-0.2, 0) is 16.2 Å². The largest absolute Gasteiger partial charge is 0.489 e. The first-order valence-corrected chi connectivity index (χ1v) is 10.2. The first kappa shape index (κ1) is 20.8. The summed E-state index contributed by atoms with van der Waals surface area (Å²) < 4.78 is 5.84. The lowest BCUT2D eigenvalue weighted by atomic mass is 10.1. The van der Waals surface area contributed by atoms with E-state index in [1.54, 1.807) is 42.5 Å². The van der Waals surface area contributed by atoms with Gasteiger partial charge in [0.1, 0.15) is 17.9 Å². The second-order valence-corrected chi connectivity index (χ2v) is 7.60. The molecule has 1 saturated heterocycles. The van der Waals surface area contributed by atoms with Gasteiger partial charge in [-0.25, -0.2) is 0 Å². The van der Waals surface area contributed by atoms with Crippen LogP contribution in [0.3, 0.4) is 0 Å². The van der Waals surface area contributed by atoms with Crippen molar-refractivity contribution in [3.63, 3.8) is 0 Å². The number of hydrogen-bond donors (Lipinski definition) is 1. The number of nitrogens with one attached hydrogen (secondary N) is 1. The Kier molecular flexibility index (Phi) is 6.11. The van der Waals surface area contributed by atoms with E-state index >= 15 is 0 Å². The molecular formula is C24H17ClN2O3S. The van der Waals surface area contributed by atoms with Gasteiger partial charge in [-0.2, -0.15) is 0 Å². The van der Waals surface area contributed by atoms with Gasteiger partial charge in [0, 0.05) is 5.02 Å². The molecule has 31 heavy (non-hydrogen) atoms. The Bertz CT molecular complexity index is 1180. The van der Waals surface area contributed by atoms with Gasteiger partial charge >= 0.3 is 0 Å². The number of halogens is 1. The molecule has 0 radical (unpaired) electrons. The Balaban J connectivity index is 1.58. The van der Waals surface area contributed by atoms with Gasteiger partial charge in [-0.15, -0.1) is 0 Å². The minimum Gasteiger partial charge on any atom is -0.489 e. The molecule has 0 aliphatic carbocycles. The van der Waals surface area contributed by atoms with Crippen LogP contribution in [0, 0.1) is 0 Å². The zero-order valence-electron chi connectivity index (χ0n) is 16.2. The second kappa shape index (κ2) is 9.12. The number of thiocarbonyl (C=S) groups is 1. The third-order valence-corrected chi connectivity index (χ3v) is 5.14. The zero-order valence-corrected chi connectivity index (χ0v) is 17.8. The van der Waals surface area contributed by atoms with Crippen molar-refractivity contribution < 1.29 is 14.3 Å². The maximum Gasteiger partial charge on any atom is 0.270 e. The third kappa shape index (κ3) is 4.82. The Morgan fingerprint density at radius 1 is 0.968 bits per heavy atom. The highest BCUT2D eigenvalue weighted by Crippen LogP contribution is 2.24. The Hall–Kier alpha value is -3.48. The fraction of sp³-hybridized carbons (Fsp3) is 0.0417. The van der Waals surface area contributed by atoms with Crippen LogP contribution in [0.2, 0.25) is 5.02 Å². The summed E-state index contributed by atoms with van der Waals surface area (Å²) in [6.45, 7) is 0.416. The number of anilines is 1. The molecular weight excluding hydrogens is 432 g/mol. The molecule has 5 nitrogen and oxygen atoms in total. The summed E-state index contributed by atoms with van der Waals surface area (Å²) >= 11 is 11.1. The monoisotopic (exact) mass is 448 g/mol. The van der Waals surface area contributed by atoms with Crippen molar-refractivity contribution >= 4 is 52.5 Å². The van der Waals surface area contributed by atoms with Gasteiger partial charge in [-0.3, -0.25) is 19.8 Å². The minimum absolute atomic E-state index is 0.0226. The lowest BCUT2D eigenvalue weighted by Gasteiger charge is -2.29. The van der Waals surface area contributed by atoms with E-state index in [0.29, 0.717) is 28.6 Å². The van der Waals surface area contributed by atoms with Crippen LogP contribution in [0.1, 0.15) is 11.1 Å². The van der Waals surface area contributed by atoms with E-state index in [4.69, 9.17) is 28.6 Å². The predicted octanol–water partition coefficient (Wildman–Crippen LogP) is 4.75. The predicted molar refractivity (Wildman–Crippen MR) is 125 cm³/mol. The first-order chi connectivity index (χ1) is 15.0. The van der Waals surface area contributed by atoms with Crippen LogP contribution in [0.15, 0.2) is 84.4 Å². The molecule has 0 spiro atoms. The highest BCUT2D eigenvalue weighted by molar-refractivity contribution is 7.80. The van der Waals surface area contributed by atoms with Crippen LogP contribution < -0.4 is 15.0 Å². The molecule has 3 aromatic rings. The molecule has 1 heterocycles. The summed E-state index contributed by atoms with van der Waals surface area (Å²) in [4.78, 5) is 26.8. The second-order valence-electron chi connectivity index (χ2n) is 6.78. The van der Waals surface area contributed by atoms with Gasteiger partial charge in [0.05, 0.1) is 5.69 Å². The smallest absolute Gasteiger partial charge is 0.270 e. The van der Waals surface area contributed by atoms with Crippen LogP contribution >= 0.6 is 23.8 Å². The van der Waals surface area contributed by atoms with Gasteiger partial charge in [0.25, 0.3) is 11.8 Å². The van der Waals surface area contributed by atoms with E-state index in [-0.39, 0.29) is 10.7 Å². The molecule has 3 aromatic carbocycles. The highest BCUT2D eigenvalue weighted by atomic mass is 35.5. The van der Waals surface area contributed by atoms with Crippen molar-refractivity contribution in [2.45, 2.75) is 6.61 Å². The average molecular weight is 449 g/mol. The molecule has 2 amide bonds. The van der Waals surface area contributed by atoms with Crippen LogP contribution in [0.25, 0.3) is 6.08 Å². The van der Waals surface area contributed by atoms with Crippen molar-refractivity contribution in [2.75, 3.05) is 4.90 Å². The zero-order chi connectivity index (χ0) is 21.8. The molecule has 7 heteroatoms. The minimum atomic E-state index is -0.546. The molecule has 154 valence electrons. The summed E-state index contributed by atoms with van der Waals surface area (Å²) in [7, 11) is 0. The first-order valence-electron chi connectivity index (χ1n) is 9.45. The van der Waals surface area contributed by atoms with Gasteiger partial charge in [0.2, 0.25) is 0 Å². The summed E-state index contributed by atoms with van der Waals surface area (Å²) in [5.41, 5.74) is 2.20. The number of benzene rings is 3. The van der Waals surface area contributed by atoms with Crippen LogP contribution in [0.5, 0.6) is 5.75 Å². The van der Waals surface area contributed by atoms with E-state index in [1.807, 2.05) is 36.4 Å². The SMILES string of the molecule is O=C1NC(=S)N(c2ccc(Cl)cc2)C(=O)C1=Cc1cccc(OCc2ccccc2)c1. The van der Waals surface area contributed by atoms with E-state index in [2.05, 4.69) is 5.32 Å². The molecule has 0 atom stereocenters. The number of rotatable bonds is 5. The molecule has 0 saturated carbocycles. The van der Waals surface area contributed by atoms with Crippen molar-refractivity contribution in [1.82, 2.24) is 5.32 Å². The lowest BCUT2D eigenvalue weighted by molar-refractivity contribution is -0.122. The Morgan fingerprint density at radius 3 is 2.45 bits per heavy atom. The van der Waals surface area contributed by atoms with E-state index in [0.717, 1.165) is 5.56 Å². The lowest BCUT2D eigenvalue weighted by Crippen LogP contribution is -2.54. The van der Waals surface area contributed by atoms with E-state index in [9.17, 15) is 9.59 Å². The number of nitrogens with zero attached hydrogens (tertiary/aromatic N) is 1. The van der Waals surface area contributed by atoms with Gasteiger partial charge < -0.3 is 4.74 Å². The molecule has 1 fully saturated rings. The average Bonchev–Trinajstić information content (AvgIpc) is 2.77. The molecule has 0 bridgehead atoms. The normalized spacial score (nSPS) is 15.2. The van der Waals surface area contributed by atoms with Crippen molar-refractivity contribution in [3.05, 3.63) is 101 Å². The summed E-state index contributed by atoms with van der Waals surface area (Å²) in [5, 5.41) is 3.13. The fourth-order valence-electron chi connectivity index (χ4n) is 3.08. The Labute approximate surface area is 189 Å². The quantitative estimate of drug-likeness (QED) is 0.347. The molecule has 0 unspecified atom stereocenters. The summed E-state index contributed by atoms with van der Waals surface area (Å²) in [6, 6.07) is 23.6. The topological polar surface area (TPSA) is 58.6 Å². The molecule has 0 aromatic heterocycles. The van der Waals surface area contributed by atoms with Gasteiger partial charge in [0.15, 0.2) is 5.11 Å². The number of carbonyl (C=O) groups excluding carboxylic acids is 2. The third-order valence-electron chi connectivity index (χ3n) is 4.60. The number of ether oxygens (including phenoxy) is 1. The Morgan fingerprint density at radius 2 is 1.71 bits per heavy atom. The van der Waals surface area contributed by atoms with Crippen LogP contribution in [0.4, 0.5) is 5.69 Å².